The fourth-order valence-corrected chi connectivity index (χ4v) is 3.27. The van der Waals surface area contributed by atoms with Crippen LogP contribution in [0, 0.1) is 0 Å². The molecule has 7 nitrogen and oxygen atoms in total. The predicted molar refractivity (Wildman–Crippen MR) is 108 cm³/mol. The number of carbonyl (C=O) groups is 1. The van der Waals surface area contributed by atoms with Crippen LogP contribution in [0.3, 0.4) is 0 Å². The SMILES string of the molecule is CC(Oc1ccccc1)c1nnc(SCC(=O)Nc2ccc(Br)cn2)n1C. The van der Waals surface area contributed by atoms with E-state index in [2.05, 4.69) is 36.4 Å². The minimum absolute atomic E-state index is 0.159. The highest BCUT2D eigenvalue weighted by Crippen LogP contribution is 2.23. The number of aromatic nitrogens is 4. The summed E-state index contributed by atoms with van der Waals surface area (Å²) in [6.45, 7) is 1.91. The Hall–Kier alpha value is -2.39. The maximum absolute atomic E-state index is 12.1. The largest absolute Gasteiger partial charge is 0.483 e. The van der Waals surface area contributed by atoms with Crippen molar-refractivity contribution in [2.45, 2.75) is 18.2 Å². The number of thioether (sulfide) groups is 1. The Bertz CT molecular complexity index is 902. The zero-order chi connectivity index (χ0) is 19.2. The van der Waals surface area contributed by atoms with E-state index >= 15 is 0 Å². The zero-order valence-corrected chi connectivity index (χ0v) is 17.2. The van der Waals surface area contributed by atoms with E-state index < -0.39 is 0 Å². The molecule has 1 N–H and O–H groups in total. The van der Waals surface area contributed by atoms with Crippen molar-refractivity contribution in [2.24, 2.45) is 7.05 Å². The smallest absolute Gasteiger partial charge is 0.236 e. The molecule has 3 aromatic rings. The van der Waals surface area contributed by atoms with Crippen LogP contribution in [0.2, 0.25) is 0 Å². The summed E-state index contributed by atoms with van der Waals surface area (Å²) in [5.41, 5.74) is 0. The van der Waals surface area contributed by atoms with Gasteiger partial charge in [0.05, 0.1) is 5.75 Å². The van der Waals surface area contributed by atoms with Gasteiger partial charge in [-0.25, -0.2) is 4.98 Å². The van der Waals surface area contributed by atoms with Crippen LogP contribution in [-0.4, -0.2) is 31.4 Å². The Balaban J connectivity index is 1.56. The first kappa shape index (κ1) is 19.4. The van der Waals surface area contributed by atoms with Gasteiger partial charge in [0, 0.05) is 17.7 Å². The van der Waals surface area contributed by atoms with Gasteiger partial charge >= 0.3 is 0 Å². The molecule has 1 amide bonds. The summed E-state index contributed by atoms with van der Waals surface area (Å²) in [5, 5.41) is 11.8. The molecular weight excluding hydrogens is 430 g/mol. The molecule has 1 unspecified atom stereocenters. The van der Waals surface area contributed by atoms with Gasteiger partial charge < -0.3 is 14.6 Å². The highest BCUT2D eigenvalue weighted by molar-refractivity contribution is 9.10. The Morgan fingerprint density at radius 2 is 2.04 bits per heavy atom. The number of amides is 1. The molecule has 0 bridgehead atoms. The number of hydrogen-bond donors (Lipinski definition) is 1. The molecule has 27 heavy (non-hydrogen) atoms. The standard InChI is InChI=1S/C18H18BrN5O2S/c1-12(26-14-6-4-3-5-7-14)17-22-23-18(24(17)2)27-11-16(25)21-15-9-8-13(19)10-20-15/h3-10,12H,11H2,1-2H3,(H,20,21,25). The first-order valence-corrected chi connectivity index (χ1v) is 9.96. The molecule has 2 heterocycles. The molecule has 2 aromatic heterocycles. The molecule has 0 saturated heterocycles. The molecule has 0 saturated carbocycles. The number of hydrogen-bond acceptors (Lipinski definition) is 6. The number of benzene rings is 1. The Morgan fingerprint density at radius 1 is 1.26 bits per heavy atom. The number of nitrogens with zero attached hydrogens (tertiary/aromatic N) is 4. The van der Waals surface area contributed by atoms with Crippen LogP contribution in [0.4, 0.5) is 5.82 Å². The highest BCUT2D eigenvalue weighted by Gasteiger charge is 2.18. The second-order valence-corrected chi connectivity index (χ2v) is 7.53. The Morgan fingerprint density at radius 3 is 2.74 bits per heavy atom. The zero-order valence-electron chi connectivity index (χ0n) is 14.8. The summed E-state index contributed by atoms with van der Waals surface area (Å²) >= 11 is 4.61. The average molecular weight is 448 g/mol. The van der Waals surface area contributed by atoms with E-state index in [0.29, 0.717) is 16.8 Å². The van der Waals surface area contributed by atoms with Gasteiger partial charge in [0.1, 0.15) is 11.6 Å². The van der Waals surface area contributed by atoms with Gasteiger partial charge in [-0.2, -0.15) is 0 Å². The van der Waals surface area contributed by atoms with E-state index in [0.717, 1.165) is 10.2 Å². The van der Waals surface area contributed by atoms with E-state index in [1.165, 1.54) is 11.8 Å². The molecule has 0 spiro atoms. The molecule has 1 atom stereocenters. The maximum atomic E-state index is 12.1. The third-order valence-electron chi connectivity index (χ3n) is 3.62. The van der Waals surface area contributed by atoms with Crippen molar-refractivity contribution in [2.75, 3.05) is 11.1 Å². The summed E-state index contributed by atoms with van der Waals surface area (Å²) in [5.74, 6) is 2.01. The fourth-order valence-electron chi connectivity index (χ4n) is 2.32. The molecule has 0 aliphatic rings. The molecule has 0 fully saturated rings. The minimum Gasteiger partial charge on any atom is -0.483 e. The topological polar surface area (TPSA) is 81.9 Å². The van der Waals surface area contributed by atoms with Gasteiger partial charge in [-0.3, -0.25) is 4.79 Å². The van der Waals surface area contributed by atoms with Gasteiger partial charge in [-0.05, 0) is 47.1 Å². The first-order valence-electron chi connectivity index (χ1n) is 8.18. The summed E-state index contributed by atoms with van der Waals surface area (Å²) in [6, 6.07) is 13.1. The number of anilines is 1. The summed E-state index contributed by atoms with van der Waals surface area (Å²) in [6.07, 6.45) is 1.37. The van der Waals surface area contributed by atoms with Crippen LogP contribution < -0.4 is 10.1 Å². The van der Waals surface area contributed by atoms with Gasteiger partial charge in [-0.15, -0.1) is 10.2 Å². The van der Waals surface area contributed by atoms with E-state index in [1.54, 1.807) is 12.3 Å². The molecule has 1 aromatic carbocycles. The lowest BCUT2D eigenvalue weighted by molar-refractivity contribution is -0.113. The second kappa shape index (κ2) is 9.01. The number of halogens is 1. The van der Waals surface area contributed by atoms with Crippen LogP contribution in [0.15, 0.2) is 58.3 Å². The summed E-state index contributed by atoms with van der Waals surface area (Å²) in [4.78, 5) is 16.2. The first-order chi connectivity index (χ1) is 13.0. The fraction of sp³-hybridized carbons (Fsp3) is 0.222. The van der Waals surface area contributed by atoms with Crippen LogP contribution in [-0.2, 0) is 11.8 Å². The molecule has 140 valence electrons. The van der Waals surface area contributed by atoms with Crippen LogP contribution in [0.25, 0.3) is 0 Å². The van der Waals surface area contributed by atoms with Gasteiger partial charge in [-0.1, -0.05) is 30.0 Å². The predicted octanol–water partition coefficient (Wildman–Crippen LogP) is 3.84. The second-order valence-electron chi connectivity index (χ2n) is 5.67. The number of pyridine rings is 1. The highest BCUT2D eigenvalue weighted by atomic mass is 79.9. The number of para-hydroxylation sites is 1. The molecular formula is C18H18BrN5O2S. The molecule has 0 radical (unpaired) electrons. The number of rotatable bonds is 7. The van der Waals surface area contributed by atoms with E-state index in [4.69, 9.17) is 4.74 Å². The quantitative estimate of drug-likeness (QED) is 0.553. The van der Waals surface area contributed by atoms with Gasteiger partial charge in [0.25, 0.3) is 0 Å². The third kappa shape index (κ3) is 5.30. The van der Waals surface area contributed by atoms with Crippen molar-refractivity contribution >= 4 is 39.4 Å². The molecule has 0 aliphatic heterocycles. The lowest BCUT2D eigenvalue weighted by Gasteiger charge is -2.14. The van der Waals surface area contributed by atoms with Crippen LogP contribution in [0.5, 0.6) is 5.75 Å². The molecule has 9 heteroatoms. The summed E-state index contributed by atoms with van der Waals surface area (Å²) in [7, 11) is 1.86. The average Bonchev–Trinajstić information content (AvgIpc) is 3.03. The molecule has 3 rings (SSSR count). The van der Waals surface area contributed by atoms with E-state index in [-0.39, 0.29) is 17.8 Å². The van der Waals surface area contributed by atoms with Crippen molar-refractivity contribution in [3.8, 4) is 5.75 Å². The van der Waals surface area contributed by atoms with Crippen molar-refractivity contribution < 1.29 is 9.53 Å². The molecule has 0 aliphatic carbocycles. The normalized spacial score (nSPS) is 11.8. The van der Waals surface area contributed by atoms with Crippen molar-refractivity contribution in [1.82, 2.24) is 19.7 Å². The van der Waals surface area contributed by atoms with E-state index in [9.17, 15) is 4.79 Å². The maximum Gasteiger partial charge on any atom is 0.236 e. The Kier molecular flexibility index (Phi) is 6.46. The van der Waals surface area contributed by atoms with Crippen molar-refractivity contribution in [3.05, 3.63) is 59.0 Å². The number of ether oxygens (including phenoxy) is 1. The van der Waals surface area contributed by atoms with Crippen LogP contribution in [0.1, 0.15) is 18.9 Å². The van der Waals surface area contributed by atoms with Gasteiger partial charge in [0.2, 0.25) is 5.91 Å². The Labute approximate surface area is 169 Å². The van der Waals surface area contributed by atoms with Crippen LogP contribution >= 0.6 is 27.7 Å². The monoisotopic (exact) mass is 447 g/mol. The van der Waals surface area contributed by atoms with Crippen molar-refractivity contribution in [1.29, 1.82) is 0 Å². The third-order valence-corrected chi connectivity index (χ3v) is 5.10. The lowest BCUT2D eigenvalue weighted by atomic mass is 10.3. The van der Waals surface area contributed by atoms with Crippen molar-refractivity contribution in [3.63, 3.8) is 0 Å². The minimum atomic E-state index is -0.264. The van der Waals surface area contributed by atoms with Gasteiger partial charge in [0.15, 0.2) is 17.1 Å². The van der Waals surface area contributed by atoms with E-state index in [1.807, 2.05) is 54.9 Å². The number of nitrogens with one attached hydrogen (secondary N) is 1. The summed E-state index contributed by atoms with van der Waals surface area (Å²) < 4.78 is 8.58. The lowest BCUT2D eigenvalue weighted by Crippen LogP contribution is -2.15. The number of carbonyl (C=O) groups excluding carboxylic acids is 1.